The van der Waals surface area contributed by atoms with Crippen molar-refractivity contribution < 1.29 is 9.72 Å². The molecule has 0 aromatic heterocycles. The van der Waals surface area contributed by atoms with Crippen LogP contribution in [0.5, 0.6) is 0 Å². The van der Waals surface area contributed by atoms with Crippen LogP contribution in [-0.4, -0.2) is 17.4 Å². The Morgan fingerprint density at radius 2 is 1.53 bits per heavy atom. The lowest BCUT2D eigenvalue weighted by Gasteiger charge is -2.01. The third-order valence-corrected chi connectivity index (χ3v) is 2.38. The SMILES string of the molecule is C=N.O=C(c1ccccc1)c1ccccc1[N+](=O)[O-]. The fourth-order valence-corrected chi connectivity index (χ4v) is 1.57. The van der Waals surface area contributed by atoms with E-state index in [1.807, 2.05) is 0 Å². The summed E-state index contributed by atoms with van der Waals surface area (Å²) in [6, 6.07) is 14.5. The summed E-state index contributed by atoms with van der Waals surface area (Å²) in [5.41, 5.74) is 0.395. The van der Waals surface area contributed by atoms with Gasteiger partial charge >= 0.3 is 0 Å². The molecule has 5 heteroatoms. The molecule has 0 aliphatic rings. The van der Waals surface area contributed by atoms with Gasteiger partial charge in [0.1, 0.15) is 5.56 Å². The number of carbonyl (C=O) groups is 1. The van der Waals surface area contributed by atoms with Crippen molar-refractivity contribution in [1.29, 1.82) is 5.41 Å². The van der Waals surface area contributed by atoms with Crippen molar-refractivity contribution >= 4 is 18.2 Å². The summed E-state index contributed by atoms with van der Waals surface area (Å²) >= 11 is 0. The summed E-state index contributed by atoms with van der Waals surface area (Å²) in [5.74, 6) is -0.335. The Bertz CT molecular complexity index is 582. The molecule has 0 heterocycles. The Morgan fingerprint density at radius 3 is 2.11 bits per heavy atom. The third kappa shape index (κ3) is 3.32. The zero-order valence-electron chi connectivity index (χ0n) is 10.1. The maximum atomic E-state index is 12.1. The molecule has 19 heavy (non-hydrogen) atoms. The van der Waals surface area contributed by atoms with E-state index < -0.39 is 4.92 Å². The van der Waals surface area contributed by atoms with E-state index in [1.54, 1.807) is 42.5 Å². The molecule has 0 bridgehead atoms. The normalized spacial score (nSPS) is 9.05. The van der Waals surface area contributed by atoms with Crippen molar-refractivity contribution in [3.05, 3.63) is 75.8 Å². The molecule has 0 amide bonds. The molecule has 2 aromatic rings. The Labute approximate surface area is 110 Å². The molecule has 2 aromatic carbocycles. The first-order valence-electron chi connectivity index (χ1n) is 5.38. The number of carbonyl (C=O) groups excluding carboxylic acids is 1. The minimum absolute atomic E-state index is 0.115. The number of nitro groups is 1. The summed E-state index contributed by atoms with van der Waals surface area (Å²) in [7, 11) is 0. The Kier molecular flexibility index (Phi) is 5.10. The maximum Gasteiger partial charge on any atom is 0.280 e. The molecular weight excluding hydrogens is 244 g/mol. The van der Waals surface area contributed by atoms with E-state index in [4.69, 9.17) is 5.41 Å². The van der Waals surface area contributed by atoms with Gasteiger partial charge in [-0.25, -0.2) is 0 Å². The van der Waals surface area contributed by atoms with E-state index in [2.05, 4.69) is 6.72 Å². The number of nitrogens with zero attached hydrogens (tertiary/aromatic N) is 1. The topological polar surface area (TPSA) is 84.1 Å². The lowest BCUT2D eigenvalue weighted by molar-refractivity contribution is -0.385. The third-order valence-electron chi connectivity index (χ3n) is 2.38. The fourth-order valence-electron chi connectivity index (χ4n) is 1.57. The second-order valence-electron chi connectivity index (χ2n) is 3.47. The largest absolute Gasteiger partial charge is 0.317 e. The summed E-state index contributed by atoms with van der Waals surface area (Å²) < 4.78 is 0. The second kappa shape index (κ2) is 6.80. The van der Waals surface area contributed by atoms with E-state index in [0.717, 1.165) is 0 Å². The van der Waals surface area contributed by atoms with Crippen LogP contribution in [0.2, 0.25) is 0 Å². The van der Waals surface area contributed by atoms with Crippen molar-refractivity contribution in [2.75, 3.05) is 0 Å². The number of hydrogen-bond donors (Lipinski definition) is 1. The zero-order valence-corrected chi connectivity index (χ0v) is 10.1. The standard InChI is InChI=1S/C13H9NO3.CH3N/c15-13(10-6-2-1-3-7-10)11-8-4-5-9-12(11)14(16)17;1-2/h1-9H;2H,1H2. The van der Waals surface area contributed by atoms with E-state index in [1.165, 1.54) is 12.1 Å². The molecule has 0 radical (unpaired) electrons. The van der Waals surface area contributed by atoms with Crippen LogP contribution in [0.1, 0.15) is 15.9 Å². The van der Waals surface area contributed by atoms with Gasteiger partial charge in [0, 0.05) is 11.6 Å². The Balaban J connectivity index is 0.000000861. The highest BCUT2D eigenvalue weighted by molar-refractivity contribution is 6.11. The molecule has 0 saturated heterocycles. The first-order valence-corrected chi connectivity index (χ1v) is 5.38. The van der Waals surface area contributed by atoms with Gasteiger partial charge in [0.15, 0.2) is 5.78 Å². The van der Waals surface area contributed by atoms with Gasteiger partial charge < -0.3 is 5.41 Å². The van der Waals surface area contributed by atoms with Crippen molar-refractivity contribution in [3.8, 4) is 0 Å². The lowest BCUT2D eigenvalue weighted by atomic mass is 10.0. The van der Waals surface area contributed by atoms with E-state index >= 15 is 0 Å². The first kappa shape index (κ1) is 14.2. The van der Waals surface area contributed by atoms with Crippen LogP contribution in [0.4, 0.5) is 5.69 Å². The predicted molar refractivity (Wildman–Crippen MR) is 72.8 cm³/mol. The summed E-state index contributed by atoms with van der Waals surface area (Å²) in [5, 5.41) is 16.3. The van der Waals surface area contributed by atoms with Crippen molar-refractivity contribution in [2.24, 2.45) is 0 Å². The van der Waals surface area contributed by atoms with Crippen molar-refractivity contribution in [3.63, 3.8) is 0 Å². The maximum absolute atomic E-state index is 12.1. The molecule has 1 N–H and O–H groups in total. The number of ketones is 1. The van der Waals surface area contributed by atoms with Gasteiger partial charge in [0.2, 0.25) is 0 Å². The molecule has 0 saturated carbocycles. The molecule has 0 fully saturated rings. The number of rotatable bonds is 3. The monoisotopic (exact) mass is 256 g/mol. The minimum Gasteiger partial charge on any atom is -0.317 e. The van der Waals surface area contributed by atoms with Gasteiger partial charge in [0.25, 0.3) is 5.69 Å². The van der Waals surface area contributed by atoms with Crippen LogP contribution in [0.25, 0.3) is 0 Å². The van der Waals surface area contributed by atoms with E-state index in [9.17, 15) is 14.9 Å². The second-order valence-corrected chi connectivity index (χ2v) is 3.47. The van der Waals surface area contributed by atoms with Gasteiger partial charge in [0.05, 0.1) is 4.92 Å². The molecule has 96 valence electrons. The molecular formula is C14H12N2O3. The van der Waals surface area contributed by atoms with Crippen LogP contribution in [0.15, 0.2) is 54.6 Å². The van der Waals surface area contributed by atoms with Crippen molar-refractivity contribution in [2.45, 2.75) is 0 Å². The van der Waals surface area contributed by atoms with Crippen LogP contribution >= 0.6 is 0 Å². The summed E-state index contributed by atoms with van der Waals surface area (Å²) in [6.45, 7) is 2.50. The first-order chi connectivity index (χ1) is 9.20. The molecule has 0 spiro atoms. The van der Waals surface area contributed by atoms with Crippen LogP contribution < -0.4 is 0 Å². The molecule has 0 aliphatic carbocycles. The minimum atomic E-state index is -0.545. The number of para-hydroxylation sites is 1. The van der Waals surface area contributed by atoms with E-state index in [0.29, 0.717) is 5.56 Å². The van der Waals surface area contributed by atoms with Crippen LogP contribution in [0.3, 0.4) is 0 Å². The number of nitro benzene ring substituents is 1. The quantitative estimate of drug-likeness (QED) is 0.396. The number of hydrogen-bond acceptors (Lipinski definition) is 4. The number of nitrogens with one attached hydrogen (secondary N) is 1. The summed E-state index contributed by atoms with van der Waals surface area (Å²) in [6.07, 6.45) is 0. The summed E-state index contributed by atoms with van der Waals surface area (Å²) in [4.78, 5) is 22.3. The van der Waals surface area contributed by atoms with Crippen molar-refractivity contribution in [1.82, 2.24) is 0 Å². The van der Waals surface area contributed by atoms with Crippen LogP contribution in [-0.2, 0) is 0 Å². The van der Waals surface area contributed by atoms with Gasteiger partial charge in [-0.05, 0) is 12.8 Å². The highest BCUT2D eigenvalue weighted by Gasteiger charge is 2.19. The Hall–Kier alpha value is -2.82. The molecule has 2 rings (SSSR count). The van der Waals surface area contributed by atoms with Gasteiger partial charge in [-0.15, -0.1) is 0 Å². The molecule has 5 nitrogen and oxygen atoms in total. The Morgan fingerprint density at radius 1 is 1.00 bits per heavy atom. The van der Waals surface area contributed by atoms with Gasteiger partial charge in [-0.1, -0.05) is 42.5 Å². The van der Waals surface area contributed by atoms with E-state index in [-0.39, 0.29) is 17.0 Å². The fraction of sp³-hybridized carbons (Fsp3) is 0. The molecule has 0 aliphatic heterocycles. The predicted octanol–water partition coefficient (Wildman–Crippen LogP) is 3.09. The molecule has 0 unspecified atom stereocenters. The highest BCUT2D eigenvalue weighted by atomic mass is 16.6. The average molecular weight is 256 g/mol. The molecule has 0 atom stereocenters. The highest BCUT2D eigenvalue weighted by Crippen LogP contribution is 2.20. The lowest BCUT2D eigenvalue weighted by Crippen LogP contribution is -2.04. The average Bonchev–Trinajstić information content (AvgIpc) is 2.49. The number of benzene rings is 2. The van der Waals surface area contributed by atoms with Gasteiger partial charge in [-0.2, -0.15) is 0 Å². The van der Waals surface area contributed by atoms with Gasteiger partial charge in [-0.3, -0.25) is 14.9 Å². The smallest absolute Gasteiger partial charge is 0.280 e. The van der Waals surface area contributed by atoms with Crippen LogP contribution in [0, 0.1) is 15.5 Å². The zero-order chi connectivity index (χ0) is 14.3.